The van der Waals surface area contributed by atoms with Gasteiger partial charge in [-0.2, -0.15) is 0 Å². The van der Waals surface area contributed by atoms with Crippen molar-refractivity contribution in [2.45, 2.75) is 25.0 Å². The van der Waals surface area contributed by atoms with Crippen molar-refractivity contribution in [2.75, 3.05) is 20.8 Å². The third-order valence-electron chi connectivity index (χ3n) is 3.62. The van der Waals surface area contributed by atoms with Crippen molar-refractivity contribution in [1.29, 1.82) is 0 Å². The van der Waals surface area contributed by atoms with Crippen LogP contribution in [0.5, 0.6) is 0 Å². The highest BCUT2D eigenvalue weighted by atomic mass is 16.7. The van der Waals surface area contributed by atoms with E-state index >= 15 is 0 Å². The second kappa shape index (κ2) is 6.15. The molecule has 1 fully saturated rings. The number of ether oxygens (including phenoxy) is 2. The van der Waals surface area contributed by atoms with Gasteiger partial charge in [-0.05, 0) is 6.42 Å². The van der Waals surface area contributed by atoms with Gasteiger partial charge in [0, 0.05) is 32.6 Å². The molecule has 1 aromatic rings. The van der Waals surface area contributed by atoms with Crippen molar-refractivity contribution in [3.8, 4) is 0 Å². The van der Waals surface area contributed by atoms with Crippen LogP contribution in [0.25, 0.3) is 0 Å². The van der Waals surface area contributed by atoms with Crippen molar-refractivity contribution < 1.29 is 19.1 Å². The molecule has 1 saturated heterocycles. The number of hydrogen-bond donors (Lipinski definition) is 0. The molecular weight excluding hydrogens is 258 g/mol. The highest BCUT2D eigenvalue weighted by molar-refractivity contribution is 5.97. The molecule has 2 amide bonds. The van der Waals surface area contributed by atoms with Crippen LogP contribution in [0.4, 0.5) is 0 Å². The van der Waals surface area contributed by atoms with Crippen LogP contribution in [-0.4, -0.2) is 37.5 Å². The second-order valence-electron chi connectivity index (χ2n) is 4.75. The molecule has 0 saturated carbocycles. The molecule has 0 unspecified atom stereocenters. The van der Waals surface area contributed by atoms with Gasteiger partial charge in [-0.15, -0.1) is 0 Å². The quantitative estimate of drug-likeness (QED) is 0.607. The van der Waals surface area contributed by atoms with E-state index in [1.807, 2.05) is 30.3 Å². The average Bonchev–Trinajstić information content (AvgIpc) is 2.49. The third-order valence-corrected chi connectivity index (χ3v) is 3.62. The molecule has 5 heteroatoms. The van der Waals surface area contributed by atoms with Crippen molar-refractivity contribution in [3.63, 3.8) is 0 Å². The van der Waals surface area contributed by atoms with Gasteiger partial charge >= 0.3 is 0 Å². The van der Waals surface area contributed by atoms with Gasteiger partial charge in [0.1, 0.15) is 0 Å². The van der Waals surface area contributed by atoms with E-state index in [9.17, 15) is 9.59 Å². The average molecular weight is 277 g/mol. The molecule has 0 aliphatic carbocycles. The summed E-state index contributed by atoms with van der Waals surface area (Å²) in [7, 11) is 3.02. The van der Waals surface area contributed by atoms with Crippen molar-refractivity contribution in [1.82, 2.24) is 4.90 Å². The van der Waals surface area contributed by atoms with E-state index in [0.717, 1.165) is 5.56 Å². The first kappa shape index (κ1) is 14.7. The molecule has 0 aromatic heterocycles. The number of rotatable bonds is 5. The standard InChI is InChI=1S/C15H19NO4/c1-19-15(20-2,12-7-4-3-5-8-12)11-16-13(17)9-6-10-14(16)18/h3-5,7-8H,6,9-11H2,1-2H3. The lowest BCUT2D eigenvalue weighted by atomic mass is 10.0. The molecule has 2 rings (SSSR count). The topological polar surface area (TPSA) is 55.8 Å². The molecule has 108 valence electrons. The van der Waals surface area contributed by atoms with Gasteiger partial charge in [-0.1, -0.05) is 30.3 Å². The van der Waals surface area contributed by atoms with Crippen LogP contribution in [-0.2, 0) is 24.8 Å². The minimum atomic E-state index is -1.12. The minimum absolute atomic E-state index is 0.0711. The second-order valence-corrected chi connectivity index (χ2v) is 4.75. The maximum atomic E-state index is 11.9. The van der Waals surface area contributed by atoms with Crippen molar-refractivity contribution >= 4 is 11.8 Å². The number of imide groups is 1. The Labute approximate surface area is 118 Å². The molecule has 0 radical (unpaired) electrons. The van der Waals surface area contributed by atoms with Gasteiger partial charge < -0.3 is 9.47 Å². The lowest BCUT2D eigenvalue weighted by molar-refractivity contribution is -0.226. The fraction of sp³-hybridized carbons (Fsp3) is 0.467. The smallest absolute Gasteiger partial charge is 0.229 e. The van der Waals surface area contributed by atoms with Crippen LogP contribution >= 0.6 is 0 Å². The Hall–Kier alpha value is -1.72. The Kier molecular flexibility index (Phi) is 4.52. The van der Waals surface area contributed by atoms with Gasteiger partial charge in [0.2, 0.25) is 17.6 Å². The number of carbonyl (C=O) groups is 2. The zero-order valence-corrected chi connectivity index (χ0v) is 11.8. The first-order chi connectivity index (χ1) is 9.63. The number of amides is 2. The molecule has 1 aliphatic rings. The van der Waals surface area contributed by atoms with E-state index in [-0.39, 0.29) is 18.4 Å². The molecular formula is C15H19NO4. The lowest BCUT2D eigenvalue weighted by Gasteiger charge is -2.36. The Bertz CT molecular complexity index is 466. The Balaban J connectivity index is 2.29. The molecule has 0 spiro atoms. The number of hydrogen-bond acceptors (Lipinski definition) is 4. The highest BCUT2D eigenvalue weighted by Gasteiger charge is 2.39. The van der Waals surface area contributed by atoms with E-state index in [0.29, 0.717) is 19.3 Å². The summed E-state index contributed by atoms with van der Waals surface area (Å²) in [6, 6.07) is 9.32. The Morgan fingerprint density at radius 2 is 1.60 bits per heavy atom. The summed E-state index contributed by atoms with van der Waals surface area (Å²) in [5.74, 6) is -1.46. The fourth-order valence-corrected chi connectivity index (χ4v) is 2.42. The van der Waals surface area contributed by atoms with Crippen molar-refractivity contribution in [2.24, 2.45) is 0 Å². The SMILES string of the molecule is COC(CN1C(=O)CCCC1=O)(OC)c1ccccc1. The zero-order chi connectivity index (χ0) is 14.6. The predicted octanol–water partition coefficient (Wildman–Crippen LogP) is 1.67. The van der Waals surface area contributed by atoms with E-state index in [1.165, 1.54) is 19.1 Å². The first-order valence-electron chi connectivity index (χ1n) is 6.62. The minimum Gasteiger partial charge on any atom is -0.348 e. The fourth-order valence-electron chi connectivity index (χ4n) is 2.42. The lowest BCUT2D eigenvalue weighted by Crippen LogP contribution is -2.50. The highest BCUT2D eigenvalue weighted by Crippen LogP contribution is 2.29. The summed E-state index contributed by atoms with van der Waals surface area (Å²) in [6.45, 7) is 0.0711. The molecule has 1 heterocycles. The third kappa shape index (κ3) is 2.73. The van der Waals surface area contributed by atoms with Crippen LogP contribution < -0.4 is 0 Å². The van der Waals surface area contributed by atoms with Crippen LogP contribution in [0, 0.1) is 0 Å². The van der Waals surface area contributed by atoms with Gasteiger partial charge in [-0.3, -0.25) is 14.5 Å². The molecule has 0 N–H and O–H groups in total. The number of nitrogens with zero attached hydrogens (tertiary/aromatic N) is 1. The van der Waals surface area contributed by atoms with Crippen LogP contribution in [0.2, 0.25) is 0 Å². The summed E-state index contributed by atoms with van der Waals surface area (Å²) in [5.41, 5.74) is 0.774. The maximum Gasteiger partial charge on any atom is 0.229 e. The summed E-state index contributed by atoms with van der Waals surface area (Å²) < 4.78 is 11.0. The molecule has 0 bridgehead atoms. The number of methoxy groups -OCH3 is 2. The van der Waals surface area contributed by atoms with E-state index in [4.69, 9.17) is 9.47 Å². The maximum absolute atomic E-state index is 11.9. The predicted molar refractivity (Wildman–Crippen MR) is 72.7 cm³/mol. The normalized spacial score (nSPS) is 16.6. The van der Waals surface area contributed by atoms with Crippen LogP contribution in [0.15, 0.2) is 30.3 Å². The molecule has 1 aliphatic heterocycles. The van der Waals surface area contributed by atoms with Gasteiger partial charge in [0.25, 0.3) is 0 Å². The summed E-state index contributed by atoms with van der Waals surface area (Å²) in [6.07, 6.45) is 1.40. The van der Waals surface area contributed by atoms with Crippen molar-refractivity contribution in [3.05, 3.63) is 35.9 Å². The largest absolute Gasteiger partial charge is 0.348 e. The van der Waals surface area contributed by atoms with Gasteiger partial charge in [0.05, 0.1) is 6.54 Å². The Morgan fingerprint density at radius 1 is 1.05 bits per heavy atom. The molecule has 5 nitrogen and oxygen atoms in total. The number of benzene rings is 1. The van der Waals surface area contributed by atoms with E-state index < -0.39 is 5.79 Å². The first-order valence-corrected chi connectivity index (χ1v) is 6.62. The Morgan fingerprint density at radius 3 is 2.10 bits per heavy atom. The van der Waals surface area contributed by atoms with E-state index in [1.54, 1.807) is 0 Å². The molecule has 0 atom stereocenters. The number of likely N-dealkylation sites (tertiary alicyclic amines) is 1. The van der Waals surface area contributed by atoms with Gasteiger partial charge in [-0.25, -0.2) is 0 Å². The zero-order valence-electron chi connectivity index (χ0n) is 11.8. The van der Waals surface area contributed by atoms with Crippen LogP contribution in [0.1, 0.15) is 24.8 Å². The van der Waals surface area contributed by atoms with Gasteiger partial charge in [0.15, 0.2) is 0 Å². The summed E-state index contributed by atoms with van der Waals surface area (Å²) in [5, 5.41) is 0. The monoisotopic (exact) mass is 277 g/mol. The summed E-state index contributed by atoms with van der Waals surface area (Å²) in [4.78, 5) is 25.1. The number of carbonyl (C=O) groups excluding carboxylic acids is 2. The molecule has 1 aromatic carbocycles. The van der Waals surface area contributed by atoms with E-state index in [2.05, 4.69) is 0 Å². The van der Waals surface area contributed by atoms with Crippen LogP contribution in [0.3, 0.4) is 0 Å². The number of piperidine rings is 1. The molecule has 20 heavy (non-hydrogen) atoms. The summed E-state index contributed by atoms with van der Waals surface area (Å²) >= 11 is 0.